The van der Waals surface area contributed by atoms with Gasteiger partial charge in [0, 0.05) is 13.1 Å². The van der Waals surface area contributed by atoms with Crippen LogP contribution in [-0.4, -0.2) is 29.8 Å². The van der Waals surface area contributed by atoms with E-state index in [1.807, 2.05) is 58.0 Å². The van der Waals surface area contributed by atoms with Gasteiger partial charge >= 0.3 is 0 Å². The van der Waals surface area contributed by atoms with E-state index in [-0.39, 0.29) is 11.8 Å². The molecule has 0 spiro atoms. The molecular formula is C25H28N2O2. The zero-order chi connectivity index (χ0) is 20.7. The normalized spacial score (nSPS) is 17.5. The van der Waals surface area contributed by atoms with Crippen molar-refractivity contribution in [3.8, 4) is 0 Å². The summed E-state index contributed by atoms with van der Waals surface area (Å²) in [5, 5.41) is 0. The summed E-state index contributed by atoms with van der Waals surface area (Å²) in [5.74, 6) is -0.406. The first-order chi connectivity index (χ1) is 13.9. The fraction of sp³-hybridized carbons (Fsp3) is 0.360. The third-order valence-electron chi connectivity index (χ3n) is 5.99. The van der Waals surface area contributed by atoms with Crippen LogP contribution in [-0.2, 0) is 9.59 Å². The molecule has 4 rings (SSSR count). The maximum atomic E-state index is 13.7. The zero-order valence-corrected chi connectivity index (χ0v) is 17.7. The van der Waals surface area contributed by atoms with Crippen LogP contribution in [0.15, 0.2) is 42.1 Å². The van der Waals surface area contributed by atoms with Gasteiger partial charge < -0.3 is 4.90 Å². The molecule has 4 heteroatoms. The molecule has 0 radical (unpaired) electrons. The minimum Gasteiger partial charge on any atom is -0.366 e. The minimum atomic E-state index is -0.212. The van der Waals surface area contributed by atoms with E-state index >= 15 is 0 Å². The number of amides is 2. The molecule has 0 aliphatic carbocycles. The standard InChI is InChI=1S/C25H28N2O2/c1-16-9-11-20(19(4)14-16)22-23(26-12-6-5-7-13-26)25(29)27(24(22)28)21-15-17(2)8-10-18(21)3/h8-11,14-15H,5-7,12-13H2,1-4H3. The number of imide groups is 1. The SMILES string of the molecule is Cc1ccc(C2=C(N3CCCCC3)C(=O)N(c3cc(C)ccc3C)C2=O)c(C)c1. The Bertz CT molecular complexity index is 1030. The molecule has 2 aromatic carbocycles. The van der Waals surface area contributed by atoms with Gasteiger partial charge in [0.2, 0.25) is 0 Å². The van der Waals surface area contributed by atoms with Crippen molar-refractivity contribution in [1.29, 1.82) is 0 Å². The second-order valence-electron chi connectivity index (χ2n) is 8.33. The lowest BCUT2D eigenvalue weighted by Gasteiger charge is -2.30. The molecule has 29 heavy (non-hydrogen) atoms. The van der Waals surface area contributed by atoms with Crippen molar-refractivity contribution in [3.05, 3.63) is 69.9 Å². The Morgan fingerprint density at radius 1 is 0.724 bits per heavy atom. The van der Waals surface area contributed by atoms with E-state index in [1.165, 1.54) is 11.3 Å². The monoisotopic (exact) mass is 388 g/mol. The van der Waals surface area contributed by atoms with Crippen molar-refractivity contribution in [3.63, 3.8) is 0 Å². The van der Waals surface area contributed by atoms with Crippen molar-refractivity contribution in [2.75, 3.05) is 18.0 Å². The Kier molecular flexibility index (Phi) is 5.03. The first kappa shape index (κ1) is 19.4. The number of carbonyl (C=O) groups is 2. The Morgan fingerprint density at radius 2 is 1.38 bits per heavy atom. The van der Waals surface area contributed by atoms with Gasteiger partial charge in [0.25, 0.3) is 11.8 Å². The van der Waals surface area contributed by atoms with Crippen LogP contribution in [0.4, 0.5) is 5.69 Å². The molecular weight excluding hydrogens is 360 g/mol. The summed E-state index contributed by atoms with van der Waals surface area (Å²) in [5.41, 5.74) is 6.81. The second-order valence-corrected chi connectivity index (χ2v) is 8.33. The Hall–Kier alpha value is -2.88. The summed E-state index contributed by atoms with van der Waals surface area (Å²) in [7, 11) is 0. The Morgan fingerprint density at radius 3 is 2.07 bits per heavy atom. The van der Waals surface area contributed by atoms with E-state index < -0.39 is 0 Å². The van der Waals surface area contributed by atoms with E-state index in [4.69, 9.17) is 0 Å². The maximum absolute atomic E-state index is 13.7. The lowest BCUT2D eigenvalue weighted by atomic mass is 9.96. The van der Waals surface area contributed by atoms with E-state index in [0.29, 0.717) is 17.0 Å². The van der Waals surface area contributed by atoms with Gasteiger partial charge in [-0.25, -0.2) is 4.90 Å². The summed E-state index contributed by atoms with van der Waals surface area (Å²) in [6.45, 7) is 9.64. The predicted molar refractivity (Wildman–Crippen MR) is 117 cm³/mol. The van der Waals surface area contributed by atoms with Crippen LogP contribution in [0.2, 0.25) is 0 Å². The van der Waals surface area contributed by atoms with Gasteiger partial charge in [-0.1, -0.05) is 35.9 Å². The third-order valence-corrected chi connectivity index (χ3v) is 5.99. The fourth-order valence-corrected chi connectivity index (χ4v) is 4.45. The third kappa shape index (κ3) is 3.37. The van der Waals surface area contributed by atoms with Crippen LogP contribution < -0.4 is 4.90 Å². The largest absolute Gasteiger partial charge is 0.366 e. The summed E-state index contributed by atoms with van der Waals surface area (Å²) in [4.78, 5) is 30.9. The van der Waals surface area contributed by atoms with Crippen molar-refractivity contribution >= 4 is 23.1 Å². The molecule has 4 nitrogen and oxygen atoms in total. The first-order valence-corrected chi connectivity index (χ1v) is 10.4. The van der Waals surface area contributed by atoms with E-state index in [9.17, 15) is 9.59 Å². The molecule has 0 bridgehead atoms. The molecule has 150 valence electrons. The Balaban J connectivity index is 1.89. The average molecular weight is 389 g/mol. The molecule has 2 aliphatic heterocycles. The van der Waals surface area contributed by atoms with Crippen LogP contribution >= 0.6 is 0 Å². The van der Waals surface area contributed by atoms with Crippen LogP contribution in [0.25, 0.3) is 5.57 Å². The highest BCUT2D eigenvalue weighted by atomic mass is 16.2. The molecule has 1 fully saturated rings. The lowest BCUT2D eigenvalue weighted by Crippen LogP contribution is -2.37. The van der Waals surface area contributed by atoms with Crippen LogP contribution in [0.5, 0.6) is 0 Å². The van der Waals surface area contributed by atoms with Crippen molar-refractivity contribution in [2.24, 2.45) is 0 Å². The summed E-state index contributed by atoms with van der Waals surface area (Å²) in [6.07, 6.45) is 3.27. The van der Waals surface area contributed by atoms with Crippen LogP contribution in [0.3, 0.4) is 0 Å². The van der Waals surface area contributed by atoms with E-state index in [2.05, 4.69) is 11.0 Å². The van der Waals surface area contributed by atoms with Gasteiger partial charge in [-0.05, 0) is 75.3 Å². The lowest BCUT2D eigenvalue weighted by molar-refractivity contribution is -0.120. The number of hydrogen-bond acceptors (Lipinski definition) is 3. The minimum absolute atomic E-state index is 0.194. The van der Waals surface area contributed by atoms with Gasteiger partial charge in [-0.15, -0.1) is 0 Å². The highest BCUT2D eigenvalue weighted by molar-refractivity contribution is 6.45. The smallest absolute Gasteiger partial charge is 0.282 e. The molecule has 0 atom stereocenters. The van der Waals surface area contributed by atoms with Gasteiger partial charge in [-0.3, -0.25) is 9.59 Å². The number of anilines is 1. The highest BCUT2D eigenvalue weighted by Crippen LogP contribution is 2.38. The number of benzene rings is 2. The number of hydrogen-bond donors (Lipinski definition) is 0. The second kappa shape index (κ2) is 7.51. The number of nitrogens with zero attached hydrogens (tertiary/aromatic N) is 2. The molecule has 2 heterocycles. The number of aryl methyl sites for hydroxylation is 4. The number of likely N-dealkylation sites (tertiary alicyclic amines) is 1. The van der Waals surface area contributed by atoms with Crippen molar-refractivity contribution in [2.45, 2.75) is 47.0 Å². The fourth-order valence-electron chi connectivity index (χ4n) is 4.45. The topological polar surface area (TPSA) is 40.6 Å². The quantitative estimate of drug-likeness (QED) is 0.716. The van der Waals surface area contributed by atoms with Crippen molar-refractivity contribution in [1.82, 2.24) is 4.90 Å². The van der Waals surface area contributed by atoms with E-state index in [1.54, 1.807) is 0 Å². The average Bonchev–Trinajstić information content (AvgIpc) is 2.95. The number of carbonyl (C=O) groups excluding carboxylic acids is 2. The number of piperidine rings is 1. The van der Waals surface area contributed by atoms with Crippen LogP contribution in [0.1, 0.15) is 47.1 Å². The zero-order valence-electron chi connectivity index (χ0n) is 17.7. The Labute approximate surface area is 172 Å². The first-order valence-electron chi connectivity index (χ1n) is 10.4. The molecule has 0 unspecified atom stereocenters. The maximum Gasteiger partial charge on any atom is 0.282 e. The van der Waals surface area contributed by atoms with Gasteiger partial charge in [-0.2, -0.15) is 0 Å². The molecule has 2 aliphatic rings. The van der Waals surface area contributed by atoms with Gasteiger partial charge in [0.15, 0.2) is 0 Å². The van der Waals surface area contributed by atoms with Crippen molar-refractivity contribution < 1.29 is 9.59 Å². The number of rotatable bonds is 3. The molecule has 0 aromatic heterocycles. The molecule has 2 aromatic rings. The van der Waals surface area contributed by atoms with Crippen LogP contribution in [0, 0.1) is 27.7 Å². The van der Waals surface area contributed by atoms with Gasteiger partial charge in [0.05, 0.1) is 11.3 Å². The highest BCUT2D eigenvalue weighted by Gasteiger charge is 2.43. The predicted octanol–water partition coefficient (Wildman–Crippen LogP) is 4.69. The summed E-state index contributed by atoms with van der Waals surface area (Å²) in [6, 6.07) is 12.0. The molecule has 0 saturated carbocycles. The molecule has 1 saturated heterocycles. The molecule has 0 N–H and O–H groups in total. The summed E-state index contributed by atoms with van der Waals surface area (Å²) >= 11 is 0. The summed E-state index contributed by atoms with van der Waals surface area (Å²) < 4.78 is 0. The van der Waals surface area contributed by atoms with Gasteiger partial charge in [0.1, 0.15) is 5.70 Å². The molecule has 2 amide bonds. The van der Waals surface area contributed by atoms with E-state index in [0.717, 1.165) is 53.7 Å².